The molecule has 0 bridgehead atoms. The minimum atomic E-state index is -3.93. The van der Waals surface area contributed by atoms with E-state index < -0.39 is 27.8 Å². The van der Waals surface area contributed by atoms with Crippen LogP contribution >= 0.6 is 11.3 Å². The first-order chi connectivity index (χ1) is 17.4. The van der Waals surface area contributed by atoms with E-state index in [-0.39, 0.29) is 18.0 Å². The number of carbonyl (C=O) groups excluding carboxylic acids is 1. The predicted molar refractivity (Wildman–Crippen MR) is 135 cm³/mol. The molecule has 186 valence electrons. The Hall–Kier alpha value is -3.41. The maximum atomic E-state index is 13.9. The fourth-order valence-corrected chi connectivity index (χ4v) is 6.88. The minimum Gasteiger partial charge on any atom is -0.497 e. The van der Waals surface area contributed by atoms with Gasteiger partial charge in [-0.15, -0.1) is 0 Å². The molecular formula is C25H23FN4O4S2. The summed E-state index contributed by atoms with van der Waals surface area (Å²) in [6.07, 6.45) is 2.56. The van der Waals surface area contributed by atoms with Crippen molar-refractivity contribution in [3.05, 3.63) is 78.4 Å². The van der Waals surface area contributed by atoms with Crippen LogP contribution in [0.15, 0.2) is 71.8 Å². The molecule has 4 aromatic rings. The van der Waals surface area contributed by atoms with Crippen LogP contribution < -0.4 is 9.64 Å². The normalized spacial score (nSPS) is 16.3. The summed E-state index contributed by atoms with van der Waals surface area (Å²) in [6, 6.07) is 14.8. The third kappa shape index (κ3) is 4.69. The molecule has 36 heavy (non-hydrogen) atoms. The van der Waals surface area contributed by atoms with E-state index in [1.54, 1.807) is 36.5 Å². The summed E-state index contributed by atoms with van der Waals surface area (Å²) in [6.45, 7) is 0.335. The van der Waals surface area contributed by atoms with E-state index in [4.69, 9.17) is 4.74 Å². The highest BCUT2D eigenvalue weighted by molar-refractivity contribution is 7.89. The molecule has 1 aliphatic rings. The molecule has 0 N–H and O–H groups in total. The Morgan fingerprint density at radius 2 is 2.00 bits per heavy atom. The Bertz CT molecular complexity index is 1490. The van der Waals surface area contributed by atoms with Crippen molar-refractivity contribution in [2.24, 2.45) is 0 Å². The third-order valence-electron chi connectivity index (χ3n) is 6.04. The second-order valence-electron chi connectivity index (χ2n) is 8.30. The quantitative estimate of drug-likeness (QED) is 0.358. The highest BCUT2D eigenvalue weighted by Gasteiger charge is 2.42. The number of hydrogen-bond acceptors (Lipinski definition) is 7. The summed E-state index contributed by atoms with van der Waals surface area (Å²) in [5, 5.41) is 0.361. The topological polar surface area (TPSA) is 92.7 Å². The Kier molecular flexibility index (Phi) is 6.69. The van der Waals surface area contributed by atoms with E-state index in [2.05, 4.69) is 9.97 Å². The summed E-state index contributed by atoms with van der Waals surface area (Å²) in [7, 11) is -2.42. The summed E-state index contributed by atoms with van der Waals surface area (Å²) in [5.74, 6) is -0.251. The number of aromatic nitrogens is 2. The highest BCUT2D eigenvalue weighted by Crippen LogP contribution is 2.34. The van der Waals surface area contributed by atoms with Crippen LogP contribution in [0.25, 0.3) is 10.2 Å². The molecule has 0 spiro atoms. The molecule has 1 atom stereocenters. The molecule has 1 fully saturated rings. The van der Waals surface area contributed by atoms with E-state index >= 15 is 0 Å². The molecule has 8 nitrogen and oxygen atoms in total. The smallest absolute Gasteiger partial charge is 0.247 e. The number of anilines is 1. The lowest BCUT2D eigenvalue weighted by atomic mass is 10.2. The van der Waals surface area contributed by atoms with Gasteiger partial charge in [-0.1, -0.05) is 17.4 Å². The number of thiazole rings is 1. The van der Waals surface area contributed by atoms with Crippen molar-refractivity contribution < 1.29 is 22.3 Å². The Morgan fingerprint density at radius 1 is 1.19 bits per heavy atom. The lowest BCUT2D eigenvalue weighted by Gasteiger charge is -2.28. The molecule has 1 unspecified atom stereocenters. The van der Waals surface area contributed by atoms with Gasteiger partial charge in [0.05, 0.1) is 34.5 Å². The number of rotatable bonds is 7. The first-order valence-corrected chi connectivity index (χ1v) is 13.6. The Balaban J connectivity index is 1.51. The van der Waals surface area contributed by atoms with Gasteiger partial charge in [0.15, 0.2) is 5.13 Å². The number of hydrogen-bond donors (Lipinski definition) is 0. The number of nitrogens with zero attached hydrogens (tertiary/aromatic N) is 4. The van der Waals surface area contributed by atoms with Crippen LogP contribution in [-0.2, 0) is 21.4 Å². The van der Waals surface area contributed by atoms with E-state index in [0.717, 1.165) is 0 Å². The number of halogens is 1. The number of benzene rings is 2. The van der Waals surface area contributed by atoms with Crippen LogP contribution in [0.4, 0.5) is 9.52 Å². The van der Waals surface area contributed by atoms with Crippen LogP contribution in [0, 0.1) is 5.82 Å². The Labute approximate surface area is 212 Å². The number of ether oxygens (including phenoxy) is 1. The van der Waals surface area contributed by atoms with Gasteiger partial charge in [0.25, 0.3) is 0 Å². The van der Waals surface area contributed by atoms with Gasteiger partial charge in [-0.05, 0) is 67.4 Å². The molecule has 3 heterocycles. The van der Waals surface area contributed by atoms with E-state index in [9.17, 15) is 17.6 Å². The number of methoxy groups -OCH3 is 1. The van der Waals surface area contributed by atoms with Gasteiger partial charge >= 0.3 is 0 Å². The van der Waals surface area contributed by atoms with Crippen molar-refractivity contribution in [1.29, 1.82) is 0 Å². The maximum absolute atomic E-state index is 13.9. The maximum Gasteiger partial charge on any atom is 0.247 e. The third-order valence-corrected chi connectivity index (χ3v) is 9.00. The molecule has 11 heteroatoms. The van der Waals surface area contributed by atoms with Crippen LogP contribution in [0.3, 0.4) is 0 Å². The van der Waals surface area contributed by atoms with E-state index in [1.165, 1.54) is 51.9 Å². The fraction of sp³-hybridized carbons (Fsp3) is 0.240. The van der Waals surface area contributed by atoms with Crippen molar-refractivity contribution in [2.45, 2.75) is 30.3 Å². The molecule has 1 aliphatic heterocycles. The number of sulfonamides is 1. The summed E-state index contributed by atoms with van der Waals surface area (Å²) in [4.78, 5) is 24.4. The average molecular weight is 527 g/mol. The summed E-state index contributed by atoms with van der Waals surface area (Å²) in [5.41, 5.74) is 1.18. The average Bonchev–Trinajstić information content (AvgIpc) is 3.55. The van der Waals surface area contributed by atoms with Crippen molar-refractivity contribution in [3.8, 4) is 5.75 Å². The van der Waals surface area contributed by atoms with Crippen molar-refractivity contribution in [3.63, 3.8) is 0 Å². The van der Waals surface area contributed by atoms with E-state index in [0.29, 0.717) is 39.6 Å². The molecule has 1 saturated heterocycles. The van der Waals surface area contributed by atoms with Gasteiger partial charge in [0, 0.05) is 12.7 Å². The molecule has 2 aromatic heterocycles. The van der Waals surface area contributed by atoms with Gasteiger partial charge in [0.2, 0.25) is 15.9 Å². The zero-order valence-electron chi connectivity index (χ0n) is 19.4. The molecule has 0 radical (unpaired) electrons. The molecule has 0 saturated carbocycles. The molecule has 2 aromatic carbocycles. The van der Waals surface area contributed by atoms with Gasteiger partial charge in [0.1, 0.15) is 17.6 Å². The van der Waals surface area contributed by atoms with Gasteiger partial charge in [-0.2, -0.15) is 4.31 Å². The summed E-state index contributed by atoms with van der Waals surface area (Å²) < 4.78 is 47.8. The van der Waals surface area contributed by atoms with Crippen LogP contribution in [0.1, 0.15) is 18.5 Å². The zero-order chi connectivity index (χ0) is 25.3. The van der Waals surface area contributed by atoms with Crippen molar-refractivity contribution in [2.75, 3.05) is 18.6 Å². The molecule has 0 aliphatic carbocycles. The highest BCUT2D eigenvalue weighted by atomic mass is 32.2. The molecular weight excluding hydrogens is 503 g/mol. The Morgan fingerprint density at radius 3 is 2.72 bits per heavy atom. The molecule has 1 amide bonds. The monoisotopic (exact) mass is 526 g/mol. The van der Waals surface area contributed by atoms with Crippen molar-refractivity contribution >= 4 is 42.6 Å². The van der Waals surface area contributed by atoms with Crippen molar-refractivity contribution in [1.82, 2.24) is 14.3 Å². The van der Waals surface area contributed by atoms with Gasteiger partial charge < -0.3 is 4.74 Å². The number of fused-ring (bicyclic) bond motifs is 1. The molecule has 5 rings (SSSR count). The second kappa shape index (κ2) is 9.92. The largest absolute Gasteiger partial charge is 0.497 e. The van der Waals surface area contributed by atoms with Crippen LogP contribution in [0.5, 0.6) is 5.75 Å². The lowest BCUT2D eigenvalue weighted by molar-refractivity contribution is -0.121. The SMILES string of the molecule is COc1ccc(S(=O)(=O)N2CCCC2C(=O)N(Cc2ccccn2)c2nc3ccc(F)cc3s2)cc1. The zero-order valence-corrected chi connectivity index (χ0v) is 21.0. The second-order valence-corrected chi connectivity index (χ2v) is 11.2. The summed E-state index contributed by atoms with van der Waals surface area (Å²) >= 11 is 1.18. The first-order valence-electron chi connectivity index (χ1n) is 11.3. The number of carbonyl (C=O) groups is 1. The van der Waals surface area contributed by atoms with E-state index in [1.807, 2.05) is 6.07 Å². The lowest BCUT2D eigenvalue weighted by Crippen LogP contribution is -2.47. The van der Waals surface area contributed by atoms with Crippen LogP contribution in [-0.4, -0.2) is 48.3 Å². The van der Waals surface area contributed by atoms with Gasteiger partial charge in [-0.25, -0.2) is 17.8 Å². The van der Waals surface area contributed by atoms with Crippen LogP contribution in [0.2, 0.25) is 0 Å². The minimum absolute atomic E-state index is 0.0924. The standard InChI is InChI=1S/C25H23FN4O4S2/c1-34-19-8-10-20(11-9-19)36(32,33)30-14-4-6-22(30)24(31)29(16-18-5-2-3-13-27-18)25-28-21-12-7-17(26)15-23(21)35-25/h2-3,5,7-13,15,22H,4,6,14,16H2,1H3. The predicted octanol–water partition coefficient (Wildman–Crippen LogP) is 4.23. The first kappa shape index (κ1) is 24.3. The van der Waals surface area contributed by atoms with Gasteiger partial charge in [-0.3, -0.25) is 14.7 Å². The fourth-order valence-electron chi connectivity index (χ4n) is 4.23. The number of pyridine rings is 1. The number of amides is 1.